The average molecular weight is 753 g/mol. The number of ether oxygens (including phenoxy) is 6. The number of carbonyl (C=O) groups excluding carboxylic acids is 4. The van der Waals surface area contributed by atoms with Crippen LogP contribution in [0.4, 0.5) is 0 Å². The summed E-state index contributed by atoms with van der Waals surface area (Å²) >= 11 is 0. The Morgan fingerprint density at radius 3 is 1.94 bits per heavy atom. The molecule has 11 atom stereocenters. The Labute approximate surface area is 320 Å². The molecule has 2 aromatic rings. The molecule has 0 bridgehead atoms. The molecule has 0 unspecified atom stereocenters. The topological polar surface area (TPSA) is 130 Å². The Morgan fingerprint density at radius 2 is 1.41 bits per heavy atom. The molecular formula is C42H60N2O10. The maximum atomic E-state index is 14.2. The van der Waals surface area contributed by atoms with E-state index in [0.29, 0.717) is 37.1 Å². The minimum Gasteiger partial charge on any atom is -0.464 e. The molecule has 12 heteroatoms. The molecule has 2 heterocycles. The van der Waals surface area contributed by atoms with Gasteiger partial charge in [-0.2, -0.15) is 0 Å². The molecule has 298 valence electrons. The van der Waals surface area contributed by atoms with Crippen molar-refractivity contribution >= 4 is 23.7 Å². The van der Waals surface area contributed by atoms with Crippen LogP contribution >= 0.6 is 0 Å². The molecule has 0 saturated carbocycles. The molecule has 0 amide bonds. The summed E-state index contributed by atoms with van der Waals surface area (Å²) in [6, 6.07) is 17.3. The van der Waals surface area contributed by atoms with Crippen LogP contribution in [0.1, 0.15) is 75.1 Å². The smallest absolute Gasteiger partial charge is 0.338 e. The molecule has 0 radical (unpaired) electrons. The molecule has 2 saturated heterocycles. The third-order valence-corrected chi connectivity index (χ3v) is 11.0. The Balaban J connectivity index is 1.77. The highest BCUT2D eigenvalue weighted by atomic mass is 16.7. The highest BCUT2D eigenvalue weighted by Gasteiger charge is 2.51. The second kappa shape index (κ2) is 19.3. The molecular weight excluding hydrogens is 692 g/mol. The summed E-state index contributed by atoms with van der Waals surface area (Å²) < 4.78 is 37.8. The summed E-state index contributed by atoms with van der Waals surface area (Å²) in [5, 5.41) is 0. The van der Waals surface area contributed by atoms with Crippen molar-refractivity contribution in [3.63, 3.8) is 0 Å². The summed E-state index contributed by atoms with van der Waals surface area (Å²) in [7, 11) is 7.27. The Hall–Kier alpha value is -3.68. The predicted octanol–water partition coefficient (Wildman–Crippen LogP) is 5.29. The monoisotopic (exact) mass is 752 g/mol. The fraction of sp³-hybridized carbons (Fsp3) is 0.619. The number of hydrogen-bond donors (Lipinski definition) is 0. The SMILES string of the molecule is CO[C@]1(C)C[C@@H](C)[C@H](OC(=O)c2ccccc2)[C@H](C)CN(C)CCOC(=O)[C@H](C)C(=O)[C@H](C)[C@H]1O[C@@H]1O[C@H](C)C[C@H](N(C)C)[C@H]1OC(=O)c1ccccc1. The van der Waals surface area contributed by atoms with Crippen LogP contribution in [-0.4, -0.2) is 124 Å². The van der Waals surface area contributed by atoms with Crippen molar-refractivity contribution in [3.8, 4) is 0 Å². The zero-order valence-electron chi connectivity index (χ0n) is 33.6. The molecule has 2 fully saturated rings. The first-order chi connectivity index (χ1) is 25.6. The minimum atomic E-state index is -1.20. The van der Waals surface area contributed by atoms with Crippen LogP contribution in [0.2, 0.25) is 0 Å². The van der Waals surface area contributed by atoms with Crippen molar-refractivity contribution in [1.29, 1.82) is 0 Å². The van der Waals surface area contributed by atoms with E-state index < -0.39 is 65.7 Å². The van der Waals surface area contributed by atoms with Gasteiger partial charge in [0.2, 0.25) is 0 Å². The summed E-state index contributed by atoms with van der Waals surface area (Å²) in [5.41, 5.74) is -0.386. The lowest BCUT2D eigenvalue weighted by Gasteiger charge is -2.48. The van der Waals surface area contributed by atoms with Gasteiger partial charge in [-0.05, 0) is 84.9 Å². The Bertz CT molecular complexity index is 1540. The van der Waals surface area contributed by atoms with Gasteiger partial charge in [0.05, 0.1) is 35.0 Å². The van der Waals surface area contributed by atoms with Crippen LogP contribution in [0, 0.1) is 23.7 Å². The van der Waals surface area contributed by atoms with Crippen molar-refractivity contribution < 1.29 is 47.6 Å². The summed E-state index contributed by atoms with van der Waals surface area (Å²) in [5.74, 6) is -4.46. The molecule has 0 N–H and O–H groups in total. The largest absolute Gasteiger partial charge is 0.464 e. The average Bonchev–Trinajstić information content (AvgIpc) is 3.15. The number of esters is 3. The van der Waals surface area contributed by atoms with E-state index in [0.717, 1.165) is 0 Å². The van der Waals surface area contributed by atoms with E-state index in [2.05, 4.69) is 0 Å². The van der Waals surface area contributed by atoms with Crippen LogP contribution in [0.15, 0.2) is 60.7 Å². The fourth-order valence-electron chi connectivity index (χ4n) is 7.87. The molecule has 4 rings (SSSR count). The maximum absolute atomic E-state index is 14.2. The number of nitrogens with zero attached hydrogens (tertiary/aromatic N) is 2. The van der Waals surface area contributed by atoms with Crippen molar-refractivity contribution in [3.05, 3.63) is 71.8 Å². The van der Waals surface area contributed by atoms with E-state index in [1.54, 1.807) is 69.5 Å². The van der Waals surface area contributed by atoms with Crippen molar-refractivity contribution in [1.82, 2.24) is 9.80 Å². The maximum Gasteiger partial charge on any atom is 0.338 e. The lowest BCUT2D eigenvalue weighted by Crippen LogP contribution is -2.60. The zero-order valence-corrected chi connectivity index (χ0v) is 33.6. The Kier molecular flexibility index (Phi) is 15.4. The van der Waals surface area contributed by atoms with Gasteiger partial charge in [-0.25, -0.2) is 9.59 Å². The molecule has 2 aliphatic heterocycles. The van der Waals surface area contributed by atoms with Gasteiger partial charge in [-0.1, -0.05) is 57.2 Å². The van der Waals surface area contributed by atoms with E-state index in [1.807, 2.05) is 70.8 Å². The van der Waals surface area contributed by atoms with E-state index in [4.69, 9.17) is 28.4 Å². The molecule has 0 spiro atoms. The number of likely N-dealkylation sites (N-methyl/N-ethyl adjacent to an activating group) is 2. The number of rotatable bonds is 8. The third kappa shape index (κ3) is 10.8. The zero-order chi connectivity index (χ0) is 39.7. The van der Waals surface area contributed by atoms with Gasteiger partial charge in [0.15, 0.2) is 18.2 Å². The van der Waals surface area contributed by atoms with Gasteiger partial charge in [-0.15, -0.1) is 0 Å². The molecule has 2 aromatic carbocycles. The first kappa shape index (κ1) is 43.1. The van der Waals surface area contributed by atoms with Gasteiger partial charge in [0, 0.05) is 32.0 Å². The van der Waals surface area contributed by atoms with Crippen LogP contribution in [0.5, 0.6) is 0 Å². The van der Waals surface area contributed by atoms with Gasteiger partial charge in [-0.3, -0.25) is 9.59 Å². The molecule has 54 heavy (non-hydrogen) atoms. The lowest BCUT2D eigenvalue weighted by atomic mass is 9.76. The summed E-state index contributed by atoms with van der Waals surface area (Å²) in [4.78, 5) is 58.5. The molecule has 2 aliphatic rings. The van der Waals surface area contributed by atoms with Gasteiger partial charge < -0.3 is 38.2 Å². The summed E-state index contributed by atoms with van der Waals surface area (Å²) in [6.45, 7) is 12.1. The van der Waals surface area contributed by atoms with Crippen molar-refractivity contribution in [2.75, 3.05) is 47.9 Å². The van der Waals surface area contributed by atoms with Crippen LogP contribution < -0.4 is 0 Å². The van der Waals surface area contributed by atoms with Gasteiger partial charge in [0.25, 0.3) is 0 Å². The standard InChI is InChI=1S/C42H60N2O10/c1-26-24-42(6,49-10)37(54-41-36(33(43(7)8)23-28(3)51-41)53-40(48)32-19-15-12-16-20-32)29(4)34(45)30(5)38(46)50-22-21-44(9)25-27(2)35(26)52-39(47)31-17-13-11-14-18-31/h11-20,26-30,33,35-37,41H,21-25H2,1-10H3/t26-,27-,28-,29+,30-,33+,35+,36-,37-,41+,42-/m1/s1. The van der Waals surface area contributed by atoms with E-state index in [9.17, 15) is 19.2 Å². The first-order valence-electron chi connectivity index (χ1n) is 19.0. The quantitative estimate of drug-likeness (QED) is 0.198. The highest BCUT2D eigenvalue weighted by Crippen LogP contribution is 2.39. The number of hydrogen-bond acceptors (Lipinski definition) is 12. The number of cyclic esters (lactones) is 1. The van der Waals surface area contributed by atoms with Crippen LogP contribution in [0.3, 0.4) is 0 Å². The normalized spacial score (nSPS) is 33.6. The van der Waals surface area contributed by atoms with Crippen molar-refractivity contribution in [2.45, 2.75) is 96.7 Å². The number of methoxy groups -OCH3 is 1. The second-order valence-corrected chi connectivity index (χ2v) is 15.6. The Morgan fingerprint density at radius 1 is 0.852 bits per heavy atom. The van der Waals surface area contributed by atoms with E-state index in [1.165, 1.54) is 0 Å². The van der Waals surface area contributed by atoms with E-state index in [-0.39, 0.29) is 30.6 Å². The van der Waals surface area contributed by atoms with Crippen LogP contribution in [0.25, 0.3) is 0 Å². The van der Waals surface area contributed by atoms with E-state index >= 15 is 0 Å². The number of Topliss-reactive ketones (excluding diaryl/α,β-unsaturated/α-hetero) is 1. The number of carbonyl (C=O) groups is 4. The fourth-order valence-corrected chi connectivity index (χ4v) is 7.87. The van der Waals surface area contributed by atoms with Crippen molar-refractivity contribution in [2.24, 2.45) is 23.7 Å². The van der Waals surface area contributed by atoms with Crippen LogP contribution in [-0.2, 0) is 38.0 Å². The predicted molar refractivity (Wildman–Crippen MR) is 203 cm³/mol. The molecule has 12 nitrogen and oxygen atoms in total. The molecule has 0 aliphatic carbocycles. The first-order valence-corrected chi connectivity index (χ1v) is 19.0. The lowest BCUT2D eigenvalue weighted by molar-refractivity contribution is -0.295. The van der Waals surface area contributed by atoms with Gasteiger partial charge >= 0.3 is 17.9 Å². The summed E-state index contributed by atoms with van der Waals surface area (Å²) in [6.07, 6.45) is -3.03. The molecule has 0 aromatic heterocycles. The minimum absolute atomic E-state index is 0.0853. The third-order valence-electron chi connectivity index (χ3n) is 11.0. The highest BCUT2D eigenvalue weighted by molar-refractivity contribution is 6.00. The second-order valence-electron chi connectivity index (χ2n) is 15.6. The van der Waals surface area contributed by atoms with Gasteiger partial charge in [0.1, 0.15) is 18.6 Å². The number of benzene rings is 2. The number of ketones is 1.